The second-order valence-corrected chi connectivity index (χ2v) is 3.31. The Hall–Kier alpha value is -1.15. The Morgan fingerprint density at radius 1 is 1.23 bits per heavy atom. The lowest BCUT2D eigenvalue weighted by molar-refractivity contribution is 0.0594. The molecule has 1 aliphatic rings. The molecule has 0 fully saturated rings. The zero-order valence-electron chi connectivity index (χ0n) is 7.90. The minimum absolute atomic E-state index is 0.0869. The monoisotopic (exact) mass is 175 g/mol. The van der Waals surface area contributed by atoms with Crippen LogP contribution in [0, 0.1) is 0 Å². The molecule has 0 aromatic heterocycles. The van der Waals surface area contributed by atoms with Crippen LogP contribution in [0.3, 0.4) is 0 Å². The molecule has 0 aliphatic carbocycles. The summed E-state index contributed by atoms with van der Waals surface area (Å²) >= 11 is 0. The maximum absolute atomic E-state index is 5.66. The van der Waals surface area contributed by atoms with Crippen LogP contribution in [0.25, 0.3) is 0 Å². The smallest absolute Gasteiger partial charge is 0.174 e. The van der Waals surface area contributed by atoms with Crippen molar-refractivity contribution in [2.75, 3.05) is 0 Å². The average molecular weight is 175 g/mol. The fourth-order valence-corrected chi connectivity index (χ4v) is 1.38. The third kappa shape index (κ3) is 1.63. The first-order chi connectivity index (χ1) is 6.27. The molecule has 1 aromatic carbocycles. The summed E-state index contributed by atoms with van der Waals surface area (Å²) in [4.78, 5) is 4.43. The highest BCUT2D eigenvalue weighted by atomic mass is 16.5. The van der Waals surface area contributed by atoms with Crippen LogP contribution in [0.4, 0.5) is 0 Å². The number of aliphatic imine (C=N–C) groups is 1. The third-order valence-corrected chi connectivity index (χ3v) is 2.33. The summed E-state index contributed by atoms with van der Waals surface area (Å²) < 4.78 is 5.66. The van der Waals surface area contributed by atoms with Crippen LogP contribution >= 0.6 is 0 Å². The van der Waals surface area contributed by atoms with Gasteiger partial charge in [-0.2, -0.15) is 0 Å². The molecule has 2 atom stereocenters. The Balaban J connectivity index is 2.22. The van der Waals surface area contributed by atoms with Crippen LogP contribution in [-0.4, -0.2) is 11.8 Å². The molecule has 1 aromatic rings. The van der Waals surface area contributed by atoms with E-state index in [1.165, 1.54) is 0 Å². The molecule has 0 saturated carbocycles. The molecule has 68 valence electrons. The Morgan fingerprint density at radius 3 is 2.46 bits per heavy atom. The van der Waals surface area contributed by atoms with Gasteiger partial charge < -0.3 is 4.74 Å². The van der Waals surface area contributed by atoms with Crippen LogP contribution in [0.5, 0.6) is 0 Å². The summed E-state index contributed by atoms with van der Waals surface area (Å²) in [5, 5.41) is 0. The van der Waals surface area contributed by atoms with Gasteiger partial charge in [0.05, 0.1) is 6.10 Å². The van der Waals surface area contributed by atoms with Crippen molar-refractivity contribution in [2.24, 2.45) is 4.99 Å². The SMILES string of the molecule is CC1=NC(c2ccccc2)OC1C. The fourth-order valence-electron chi connectivity index (χ4n) is 1.38. The van der Waals surface area contributed by atoms with E-state index in [1.807, 2.05) is 44.2 Å². The number of ether oxygens (including phenoxy) is 1. The second-order valence-electron chi connectivity index (χ2n) is 3.31. The van der Waals surface area contributed by atoms with E-state index in [2.05, 4.69) is 4.99 Å². The Morgan fingerprint density at radius 2 is 1.92 bits per heavy atom. The second kappa shape index (κ2) is 3.30. The zero-order valence-corrected chi connectivity index (χ0v) is 7.90. The summed E-state index contributed by atoms with van der Waals surface area (Å²) in [5.74, 6) is 0. The average Bonchev–Trinajstić information content (AvgIpc) is 2.49. The van der Waals surface area contributed by atoms with Crippen molar-refractivity contribution in [1.82, 2.24) is 0 Å². The summed E-state index contributed by atoms with van der Waals surface area (Å²) in [5.41, 5.74) is 2.21. The van der Waals surface area contributed by atoms with E-state index in [-0.39, 0.29) is 12.3 Å². The van der Waals surface area contributed by atoms with E-state index in [1.54, 1.807) is 0 Å². The Labute approximate surface area is 78.3 Å². The molecule has 0 radical (unpaired) electrons. The molecule has 2 unspecified atom stereocenters. The number of nitrogens with zero attached hydrogens (tertiary/aromatic N) is 1. The van der Waals surface area contributed by atoms with Crippen molar-refractivity contribution in [2.45, 2.75) is 26.2 Å². The van der Waals surface area contributed by atoms with Crippen molar-refractivity contribution in [3.63, 3.8) is 0 Å². The highest BCUT2D eigenvalue weighted by Gasteiger charge is 2.22. The molecule has 0 amide bonds. The van der Waals surface area contributed by atoms with Gasteiger partial charge in [-0.05, 0) is 13.8 Å². The van der Waals surface area contributed by atoms with Crippen molar-refractivity contribution < 1.29 is 4.74 Å². The topological polar surface area (TPSA) is 21.6 Å². The molecule has 2 nitrogen and oxygen atoms in total. The van der Waals surface area contributed by atoms with Crippen molar-refractivity contribution in [1.29, 1.82) is 0 Å². The lowest BCUT2D eigenvalue weighted by atomic mass is 10.2. The summed E-state index contributed by atoms with van der Waals surface area (Å²) in [7, 11) is 0. The molecule has 0 spiro atoms. The fraction of sp³-hybridized carbons (Fsp3) is 0.364. The van der Waals surface area contributed by atoms with E-state index in [9.17, 15) is 0 Å². The van der Waals surface area contributed by atoms with Crippen LogP contribution < -0.4 is 0 Å². The summed E-state index contributed by atoms with van der Waals surface area (Å²) in [6.07, 6.45) is 0.0707. The molecular formula is C11H13NO. The highest BCUT2D eigenvalue weighted by molar-refractivity contribution is 5.87. The molecule has 0 N–H and O–H groups in total. The zero-order chi connectivity index (χ0) is 9.26. The maximum atomic E-state index is 5.66. The van der Waals surface area contributed by atoms with E-state index >= 15 is 0 Å². The summed E-state index contributed by atoms with van der Waals surface area (Å²) in [6.45, 7) is 4.04. The van der Waals surface area contributed by atoms with E-state index in [0.717, 1.165) is 11.3 Å². The van der Waals surface area contributed by atoms with Gasteiger partial charge in [-0.15, -0.1) is 0 Å². The van der Waals surface area contributed by atoms with Crippen molar-refractivity contribution in [3.05, 3.63) is 35.9 Å². The first kappa shape index (κ1) is 8.45. The van der Waals surface area contributed by atoms with Gasteiger partial charge in [-0.3, -0.25) is 4.99 Å². The quantitative estimate of drug-likeness (QED) is 0.642. The number of rotatable bonds is 1. The van der Waals surface area contributed by atoms with Crippen LogP contribution in [0.15, 0.2) is 35.3 Å². The molecule has 2 rings (SSSR count). The number of hydrogen-bond acceptors (Lipinski definition) is 2. The van der Waals surface area contributed by atoms with Gasteiger partial charge in [0.2, 0.25) is 0 Å². The molecule has 1 heterocycles. The van der Waals surface area contributed by atoms with E-state index in [0.29, 0.717) is 0 Å². The predicted molar refractivity (Wildman–Crippen MR) is 52.8 cm³/mol. The van der Waals surface area contributed by atoms with Gasteiger partial charge in [-0.1, -0.05) is 30.3 Å². The van der Waals surface area contributed by atoms with Gasteiger partial charge in [-0.25, -0.2) is 0 Å². The molecule has 2 heteroatoms. The Bertz CT molecular complexity index is 318. The largest absolute Gasteiger partial charge is 0.343 e. The van der Waals surface area contributed by atoms with Gasteiger partial charge in [0.1, 0.15) is 0 Å². The lowest BCUT2D eigenvalue weighted by Gasteiger charge is -2.09. The van der Waals surface area contributed by atoms with E-state index < -0.39 is 0 Å². The number of hydrogen-bond donors (Lipinski definition) is 0. The third-order valence-electron chi connectivity index (χ3n) is 2.33. The van der Waals surface area contributed by atoms with Crippen molar-refractivity contribution >= 4 is 5.71 Å². The minimum atomic E-state index is -0.0869. The standard InChI is InChI=1S/C11H13NO/c1-8-9(2)13-11(12-8)10-6-4-3-5-7-10/h3-7,9,11H,1-2H3. The first-order valence-corrected chi connectivity index (χ1v) is 4.52. The molecule has 1 aliphatic heterocycles. The molecule has 13 heavy (non-hydrogen) atoms. The van der Waals surface area contributed by atoms with Gasteiger partial charge >= 0.3 is 0 Å². The lowest BCUT2D eigenvalue weighted by Crippen LogP contribution is -2.10. The van der Waals surface area contributed by atoms with Crippen LogP contribution in [0.1, 0.15) is 25.6 Å². The predicted octanol–water partition coefficient (Wildman–Crippen LogP) is 2.56. The maximum Gasteiger partial charge on any atom is 0.174 e. The molecular weight excluding hydrogens is 162 g/mol. The Kier molecular flexibility index (Phi) is 2.15. The van der Waals surface area contributed by atoms with Crippen molar-refractivity contribution in [3.8, 4) is 0 Å². The van der Waals surface area contributed by atoms with Gasteiger partial charge in [0, 0.05) is 11.3 Å². The highest BCUT2D eigenvalue weighted by Crippen LogP contribution is 2.26. The van der Waals surface area contributed by atoms with E-state index in [4.69, 9.17) is 4.74 Å². The van der Waals surface area contributed by atoms with Crippen LogP contribution in [-0.2, 0) is 4.74 Å². The molecule has 0 bridgehead atoms. The normalized spacial score (nSPS) is 27.4. The van der Waals surface area contributed by atoms with Gasteiger partial charge in [0.15, 0.2) is 6.23 Å². The van der Waals surface area contributed by atoms with Gasteiger partial charge in [0.25, 0.3) is 0 Å². The van der Waals surface area contributed by atoms with Crippen LogP contribution in [0.2, 0.25) is 0 Å². The molecule has 0 saturated heterocycles. The number of benzene rings is 1. The summed E-state index contributed by atoms with van der Waals surface area (Å²) in [6, 6.07) is 10.1. The first-order valence-electron chi connectivity index (χ1n) is 4.52. The minimum Gasteiger partial charge on any atom is -0.343 e.